The molecule has 0 saturated carbocycles. The monoisotopic (exact) mass is 343 g/mol. The second-order valence-corrected chi connectivity index (χ2v) is 6.11. The first-order chi connectivity index (χ1) is 12.3. The Morgan fingerprint density at radius 1 is 1.12 bits per heavy atom. The van der Waals surface area contributed by atoms with Crippen molar-refractivity contribution in [3.8, 4) is 5.69 Å². The van der Waals surface area contributed by atoms with Gasteiger partial charge in [-0.05, 0) is 30.3 Å². The predicted molar refractivity (Wildman–Crippen MR) is 96.0 cm³/mol. The van der Waals surface area contributed by atoms with Gasteiger partial charge in [0.05, 0.1) is 19.8 Å². The molecule has 1 amide bonds. The normalized spacial score (nSPS) is 15.2. The van der Waals surface area contributed by atoms with Gasteiger partial charge in [-0.25, -0.2) is 0 Å². The second kappa shape index (κ2) is 8.80. The van der Waals surface area contributed by atoms with Gasteiger partial charge in [-0.3, -0.25) is 9.69 Å². The van der Waals surface area contributed by atoms with Crippen LogP contribution in [0.1, 0.15) is 10.4 Å². The summed E-state index contributed by atoms with van der Waals surface area (Å²) in [6, 6.07) is 11.5. The standard InChI is InChI=1S/C19H25N3O3/c23-13-10-22(9-8-20-11-14-25-15-12-20)19(24)17-4-3-5-18(16-17)21-6-1-2-7-21/h1-7,16,23H,8-15H2. The Balaban J connectivity index is 1.68. The summed E-state index contributed by atoms with van der Waals surface area (Å²) >= 11 is 0. The average molecular weight is 343 g/mol. The predicted octanol–water partition coefficient (Wildman–Crippen LogP) is 1.24. The summed E-state index contributed by atoms with van der Waals surface area (Å²) in [6.07, 6.45) is 3.90. The van der Waals surface area contributed by atoms with Crippen molar-refractivity contribution in [1.82, 2.24) is 14.4 Å². The summed E-state index contributed by atoms with van der Waals surface area (Å²) in [5.74, 6) is -0.0451. The number of aromatic nitrogens is 1. The Labute approximate surface area is 148 Å². The molecular weight excluding hydrogens is 318 g/mol. The molecule has 1 N–H and O–H groups in total. The number of rotatable bonds is 7. The highest BCUT2D eigenvalue weighted by Crippen LogP contribution is 2.13. The smallest absolute Gasteiger partial charge is 0.254 e. The van der Waals surface area contributed by atoms with Gasteiger partial charge in [0, 0.05) is 56.4 Å². The highest BCUT2D eigenvalue weighted by Gasteiger charge is 2.18. The fourth-order valence-corrected chi connectivity index (χ4v) is 3.01. The molecule has 1 aromatic heterocycles. The molecule has 1 fully saturated rings. The van der Waals surface area contributed by atoms with Crippen LogP contribution in [-0.2, 0) is 4.74 Å². The summed E-state index contributed by atoms with van der Waals surface area (Å²) in [5.41, 5.74) is 1.59. The van der Waals surface area contributed by atoms with Gasteiger partial charge < -0.3 is 19.3 Å². The number of nitrogens with zero attached hydrogens (tertiary/aromatic N) is 3. The number of ether oxygens (including phenoxy) is 1. The van der Waals surface area contributed by atoms with Crippen LogP contribution in [-0.4, -0.2) is 77.9 Å². The van der Waals surface area contributed by atoms with E-state index in [2.05, 4.69) is 4.90 Å². The fourth-order valence-electron chi connectivity index (χ4n) is 3.01. The summed E-state index contributed by atoms with van der Waals surface area (Å²) in [7, 11) is 0. The maximum absolute atomic E-state index is 12.9. The molecule has 0 radical (unpaired) electrons. The van der Waals surface area contributed by atoms with E-state index in [9.17, 15) is 9.90 Å². The van der Waals surface area contributed by atoms with E-state index in [1.165, 1.54) is 0 Å². The Hall–Kier alpha value is -2.15. The van der Waals surface area contributed by atoms with E-state index >= 15 is 0 Å². The molecule has 6 heteroatoms. The molecule has 6 nitrogen and oxygen atoms in total. The van der Waals surface area contributed by atoms with Gasteiger partial charge in [-0.1, -0.05) is 6.07 Å². The Morgan fingerprint density at radius 2 is 1.88 bits per heavy atom. The van der Waals surface area contributed by atoms with Gasteiger partial charge in [0.2, 0.25) is 0 Å². The van der Waals surface area contributed by atoms with Crippen molar-refractivity contribution in [2.45, 2.75) is 0 Å². The maximum Gasteiger partial charge on any atom is 0.254 e. The van der Waals surface area contributed by atoms with E-state index in [0.29, 0.717) is 18.7 Å². The zero-order valence-electron chi connectivity index (χ0n) is 14.4. The van der Waals surface area contributed by atoms with Crippen LogP contribution in [0.2, 0.25) is 0 Å². The zero-order chi connectivity index (χ0) is 17.5. The van der Waals surface area contributed by atoms with Crippen LogP contribution in [0.25, 0.3) is 5.69 Å². The van der Waals surface area contributed by atoms with Gasteiger partial charge in [0.25, 0.3) is 5.91 Å². The van der Waals surface area contributed by atoms with Crippen LogP contribution in [0.15, 0.2) is 48.8 Å². The number of benzene rings is 1. The third-order valence-electron chi connectivity index (χ3n) is 4.44. The van der Waals surface area contributed by atoms with Crippen molar-refractivity contribution in [3.05, 3.63) is 54.4 Å². The molecule has 134 valence electrons. The average Bonchev–Trinajstić information content (AvgIpc) is 3.20. The van der Waals surface area contributed by atoms with Crippen LogP contribution in [0.5, 0.6) is 0 Å². The molecule has 1 aromatic carbocycles. The lowest BCUT2D eigenvalue weighted by Gasteiger charge is -2.30. The third-order valence-corrected chi connectivity index (χ3v) is 4.44. The Morgan fingerprint density at radius 3 is 2.60 bits per heavy atom. The van der Waals surface area contributed by atoms with Gasteiger partial charge in [0.15, 0.2) is 0 Å². The van der Waals surface area contributed by atoms with Gasteiger partial charge in [-0.2, -0.15) is 0 Å². The summed E-state index contributed by atoms with van der Waals surface area (Å²) in [4.78, 5) is 16.9. The minimum atomic E-state index is -0.0451. The van der Waals surface area contributed by atoms with Crippen LogP contribution in [0.3, 0.4) is 0 Å². The highest BCUT2D eigenvalue weighted by molar-refractivity contribution is 5.94. The van der Waals surface area contributed by atoms with Crippen molar-refractivity contribution in [1.29, 1.82) is 0 Å². The number of aliphatic hydroxyl groups is 1. The van der Waals surface area contributed by atoms with E-state index in [0.717, 1.165) is 38.5 Å². The quantitative estimate of drug-likeness (QED) is 0.822. The van der Waals surface area contributed by atoms with E-state index in [1.54, 1.807) is 4.90 Å². The molecular formula is C19H25N3O3. The largest absolute Gasteiger partial charge is 0.395 e. The topological polar surface area (TPSA) is 57.9 Å². The summed E-state index contributed by atoms with van der Waals surface area (Å²) in [5, 5.41) is 9.34. The van der Waals surface area contributed by atoms with Crippen LogP contribution in [0.4, 0.5) is 0 Å². The number of morpholine rings is 1. The molecule has 0 aliphatic carbocycles. The fraction of sp³-hybridized carbons (Fsp3) is 0.421. The summed E-state index contributed by atoms with van der Waals surface area (Å²) < 4.78 is 7.33. The first kappa shape index (κ1) is 17.7. The molecule has 2 heterocycles. The van der Waals surface area contributed by atoms with E-state index in [1.807, 2.05) is 53.4 Å². The summed E-state index contributed by atoms with van der Waals surface area (Å²) in [6.45, 7) is 4.98. The molecule has 1 aliphatic heterocycles. The van der Waals surface area contributed by atoms with E-state index < -0.39 is 0 Å². The van der Waals surface area contributed by atoms with Gasteiger partial charge >= 0.3 is 0 Å². The van der Waals surface area contributed by atoms with Crippen LogP contribution >= 0.6 is 0 Å². The maximum atomic E-state index is 12.9. The van der Waals surface area contributed by atoms with Crippen molar-refractivity contribution in [2.75, 3.05) is 52.5 Å². The number of aliphatic hydroxyl groups excluding tert-OH is 1. The van der Waals surface area contributed by atoms with Crippen LogP contribution < -0.4 is 0 Å². The molecule has 0 spiro atoms. The SMILES string of the molecule is O=C(c1cccc(-n2cccc2)c1)N(CCO)CCN1CCOCC1. The van der Waals surface area contributed by atoms with E-state index in [-0.39, 0.29) is 12.5 Å². The van der Waals surface area contributed by atoms with Gasteiger partial charge in [-0.15, -0.1) is 0 Å². The number of hydrogen-bond acceptors (Lipinski definition) is 4. The first-order valence-corrected chi connectivity index (χ1v) is 8.71. The second-order valence-electron chi connectivity index (χ2n) is 6.11. The molecule has 25 heavy (non-hydrogen) atoms. The number of hydrogen-bond donors (Lipinski definition) is 1. The molecule has 0 bridgehead atoms. The van der Waals surface area contributed by atoms with Crippen molar-refractivity contribution >= 4 is 5.91 Å². The van der Waals surface area contributed by atoms with Crippen molar-refractivity contribution < 1.29 is 14.6 Å². The molecule has 2 aromatic rings. The minimum absolute atomic E-state index is 0.0356. The van der Waals surface area contributed by atoms with Crippen molar-refractivity contribution in [2.24, 2.45) is 0 Å². The Kier molecular flexibility index (Phi) is 6.22. The van der Waals surface area contributed by atoms with Crippen LogP contribution in [0, 0.1) is 0 Å². The Bertz CT molecular complexity index is 666. The highest BCUT2D eigenvalue weighted by atomic mass is 16.5. The lowest BCUT2D eigenvalue weighted by atomic mass is 10.1. The molecule has 1 aliphatic rings. The molecule has 0 unspecified atom stereocenters. The lowest BCUT2D eigenvalue weighted by Crippen LogP contribution is -2.43. The molecule has 1 saturated heterocycles. The third kappa shape index (κ3) is 4.69. The zero-order valence-corrected chi connectivity index (χ0v) is 14.4. The number of amides is 1. The minimum Gasteiger partial charge on any atom is -0.395 e. The first-order valence-electron chi connectivity index (χ1n) is 8.71. The molecule has 3 rings (SSSR count). The lowest BCUT2D eigenvalue weighted by molar-refractivity contribution is 0.0315. The van der Waals surface area contributed by atoms with Crippen molar-refractivity contribution in [3.63, 3.8) is 0 Å². The number of carbonyl (C=O) groups is 1. The van der Waals surface area contributed by atoms with E-state index in [4.69, 9.17) is 4.74 Å². The van der Waals surface area contributed by atoms with Gasteiger partial charge in [0.1, 0.15) is 0 Å². The molecule has 0 atom stereocenters. The number of carbonyl (C=O) groups excluding carboxylic acids is 1.